The minimum Gasteiger partial charge on any atom is -0.482 e. The average Bonchev–Trinajstić information content (AvgIpc) is 2.26. The van der Waals surface area contributed by atoms with Gasteiger partial charge in [-0.05, 0) is 6.92 Å². The van der Waals surface area contributed by atoms with Crippen LogP contribution in [-0.2, 0) is 19.1 Å². The minimum absolute atomic E-state index is 0.169. The van der Waals surface area contributed by atoms with Gasteiger partial charge in [0, 0.05) is 0 Å². The first kappa shape index (κ1) is 12.7. The van der Waals surface area contributed by atoms with Gasteiger partial charge in [-0.3, -0.25) is 9.59 Å². The minimum atomic E-state index is -0.378. The number of methoxy groups -OCH3 is 1. The topological polar surface area (TPSA) is 76.7 Å². The van der Waals surface area contributed by atoms with Crippen molar-refractivity contribution in [1.29, 1.82) is 0 Å². The molecule has 0 fully saturated rings. The van der Waals surface area contributed by atoms with E-state index in [4.69, 9.17) is 9.47 Å². The highest BCUT2D eigenvalue weighted by Gasteiger charge is 2.20. The number of carbonyl (C=O) groups is 2. The van der Waals surface area contributed by atoms with Gasteiger partial charge in [0.1, 0.15) is 0 Å². The van der Waals surface area contributed by atoms with Crippen molar-refractivity contribution in [2.24, 2.45) is 0 Å². The molecule has 0 saturated carbocycles. The monoisotopic (exact) mass is 246 g/mol. The molecular formula is C9H14N2O4S. The molecule has 1 aliphatic rings. The summed E-state index contributed by atoms with van der Waals surface area (Å²) in [6.45, 7) is 2.10. The van der Waals surface area contributed by atoms with Crippen molar-refractivity contribution in [3.8, 4) is 0 Å². The van der Waals surface area contributed by atoms with E-state index in [0.29, 0.717) is 12.5 Å². The molecule has 0 unspecified atom stereocenters. The lowest BCUT2D eigenvalue weighted by Crippen LogP contribution is -2.47. The Morgan fingerprint density at radius 3 is 2.94 bits per heavy atom. The van der Waals surface area contributed by atoms with Crippen molar-refractivity contribution in [1.82, 2.24) is 10.6 Å². The van der Waals surface area contributed by atoms with Crippen molar-refractivity contribution >= 4 is 23.6 Å². The van der Waals surface area contributed by atoms with Crippen LogP contribution in [0.2, 0.25) is 0 Å². The normalized spacial score (nSPS) is 19.2. The number of esters is 1. The van der Waals surface area contributed by atoms with Crippen LogP contribution in [0.15, 0.2) is 12.0 Å². The van der Waals surface area contributed by atoms with Gasteiger partial charge in [-0.2, -0.15) is 0 Å². The SMILES string of the molecule is CCOC(=O)CS[C@H]1NC(=O)C=C(OC)N1. The molecule has 6 nitrogen and oxygen atoms in total. The first-order valence-corrected chi connectivity index (χ1v) is 5.80. The van der Waals surface area contributed by atoms with E-state index in [9.17, 15) is 9.59 Å². The van der Waals surface area contributed by atoms with E-state index in [1.54, 1.807) is 6.92 Å². The maximum atomic E-state index is 11.2. The average molecular weight is 246 g/mol. The van der Waals surface area contributed by atoms with Crippen LogP contribution in [0.3, 0.4) is 0 Å². The first-order valence-electron chi connectivity index (χ1n) is 4.75. The molecule has 0 aliphatic carbocycles. The van der Waals surface area contributed by atoms with E-state index in [-0.39, 0.29) is 23.1 Å². The van der Waals surface area contributed by atoms with Crippen molar-refractivity contribution < 1.29 is 19.1 Å². The molecule has 0 aromatic carbocycles. The number of nitrogens with one attached hydrogen (secondary N) is 2. The highest BCUT2D eigenvalue weighted by atomic mass is 32.2. The van der Waals surface area contributed by atoms with Crippen LogP contribution in [0.1, 0.15) is 6.92 Å². The molecule has 0 aromatic heterocycles. The number of amides is 1. The van der Waals surface area contributed by atoms with E-state index in [1.807, 2.05) is 0 Å². The number of hydrogen-bond acceptors (Lipinski definition) is 6. The van der Waals surface area contributed by atoms with Crippen LogP contribution in [0.5, 0.6) is 0 Å². The summed E-state index contributed by atoms with van der Waals surface area (Å²) >= 11 is 1.23. The Labute approximate surface area is 97.7 Å². The summed E-state index contributed by atoms with van der Waals surface area (Å²) in [7, 11) is 1.46. The lowest BCUT2D eigenvalue weighted by Gasteiger charge is -2.24. The molecule has 0 radical (unpaired) electrons. The van der Waals surface area contributed by atoms with Gasteiger partial charge in [0.2, 0.25) is 0 Å². The summed E-state index contributed by atoms with van der Waals surface area (Å²) in [6, 6.07) is 0. The lowest BCUT2D eigenvalue weighted by atomic mass is 10.5. The summed E-state index contributed by atoms with van der Waals surface area (Å²) in [6.07, 6.45) is 1.31. The maximum Gasteiger partial charge on any atom is 0.316 e. The molecule has 90 valence electrons. The molecule has 0 saturated heterocycles. The molecule has 1 amide bonds. The number of carbonyl (C=O) groups excluding carboxylic acids is 2. The molecule has 7 heteroatoms. The summed E-state index contributed by atoms with van der Waals surface area (Å²) in [4.78, 5) is 22.3. The van der Waals surface area contributed by atoms with Crippen LogP contribution < -0.4 is 10.6 Å². The van der Waals surface area contributed by atoms with Gasteiger partial charge in [0.25, 0.3) is 5.91 Å². The third-order valence-corrected chi connectivity index (χ3v) is 2.67. The fourth-order valence-electron chi connectivity index (χ4n) is 1.05. The second-order valence-electron chi connectivity index (χ2n) is 2.86. The fourth-order valence-corrected chi connectivity index (χ4v) is 1.84. The van der Waals surface area contributed by atoms with Crippen LogP contribution in [-0.4, -0.2) is 36.8 Å². The molecule has 1 heterocycles. The predicted molar refractivity (Wildman–Crippen MR) is 59.2 cm³/mol. The van der Waals surface area contributed by atoms with Gasteiger partial charge in [-0.25, -0.2) is 0 Å². The standard InChI is InChI=1S/C9H14N2O4S/c1-3-15-8(13)5-16-9-10-6(12)4-7(11-9)14-2/h4,9,11H,3,5H2,1-2H3,(H,10,12)/t9-/m0/s1. The fraction of sp³-hybridized carbons (Fsp3) is 0.556. The third-order valence-electron chi connectivity index (χ3n) is 1.70. The number of rotatable bonds is 5. The summed E-state index contributed by atoms with van der Waals surface area (Å²) in [5.74, 6) is -0.0119. The molecule has 0 bridgehead atoms. The Morgan fingerprint density at radius 1 is 1.56 bits per heavy atom. The highest BCUT2D eigenvalue weighted by Crippen LogP contribution is 2.11. The highest BCUT2D eigenvalue weighted by molar-refractivity contribution is 8.00. The molecule has 0 spiro atoms. The van der Waals surface area contributed by atoms with Crippen molar-refractivity contribution in [3.05, 3.63) is 12.0 Å². The number of thioether (sulfide) groups is 1. The van der Waals surface area contributed by atoms with E-state index >= 15 is 0 Å². The van der Waals surface area contributed by atoms with Gasteiger partial charge >= 0.3 is 5.97 Å². The van der Waals surface area contributed by atoms with Gasteiger partial charge in [0.15, 0.2) is 11.4 Å². The van der Waals surface area contributed by atoms with Gasteiger partial charge < -0.3 is 20.1 Å². The summed E-state index contributed by atoms with van der Waals surface area (Å²) < 4.78 is 9.67. The molecule has 1 rings (SSSR count). The van der Waals surface area contributed by atoms with Crippen LogP contribution >= 0.6 is 11.8 Å². The Kier molecular flexibility index (Phi) is 4.97. The predicted octanol–water partition coefficient (Wildman–Crippen LogP) is -0.227. The second-order valence-corrected chi connectivity index (χ2v) is 3.96. The van der Waals surface area contributed by atoms with E-state index in [2.05, 4.69) is 10.6 Å². The van der Waals surface area contributed by atoms with Crippen molar-refractivity contribution in [2.45, 2.75) is 12.4 Å². The number of ether oxygens (including phenoxy) is 2. The Morgan fingerprint density at radius 2 is 2.31 bits per heavy atom. The van der Waals surface area contributed by atoms with Crippen LogP contribution in [0, 0.1) is 0 Å². The zero-order chi connectivity index (χ0) is 12.0. The Hall–Kier alpha value is -1.37. The van der Waals surface area contributed by atoms with Gasteiger partial charge in [0.05, 0.1) is 25.5 Å². The Bertz CT molecular complexity index is 306. The smallest absolute Gasteiger partial charge is 0.316 e. The molecule has 16 heavy (non-hydrogen) atoms. The van der Waals surface area contributed by atoms with Gasteiger partial charge in [-0.15, -0.1) is 11.8 Å². The van der Waals surface area contributed by atoms with E-state index in [1.165, 1.54) is 24.9 Å². The molecule has 2 N–H and O–H groups in total. The second kappa shape index (κ2) is 6.26. The third kappa shape index (κ3) is 4.01. The van der Waals surface area contributed by atoms with E-state index in [0.717, 1.165) is 0 Å². The maximum absolute atomic E-state index is 11.2. The summed E-state index contributed by atoms with van der Waals surface area (Å²) in [5, 5.41) is 5.52. The van der Waals surface area contributed by atoms with Crippen LogP contribution in [0.4, 0.5) is 0 Å². The lowest BCUT2D eigenvalue weighted by molar-refractivity contribution is -0.139. The van der Waals surface area contributed by atoms with Crippen molar-refractivity contribution in [2.75, 3.05) is 19.5 Å². The molecule has 1 atom stereocenters. The first-order chi connectivity index (χ1) is 7.65. The Balaban J connectivity index is 2.36. The summed E-state index contributed by atoms with van der Waals surface area (Å²) in [5.41, 5.74) is -0.378. The largest absolute Gasteiger partial charge is 0.482 e. The van der Waals surface area contributed by atoms with E-state index < -0.39 is 0 Å². The van der Waals surface area contributed by atoms with Crippen LogP contribution in [0.25, 0.3) is 0 Å². The number of hydrogen-bond donors (Lipinski definition) is 2. The zero-order valence-electron chi connectivity index (χ0n) is 9.11. The zero-order valence-corrected chi connectivity index (χ0v) is 9.93. The molecule has 1 aliphatic heterocycles. The van der Waals surface area contributed by atoms with Crippen molar-refractivity contribution in [3.63, 3.8) is 0 Å². The van der Waals surface area contributed by atoms with Gasteiger partial charge in [-0.1, -0.05) is 0 Å². The quantitative estimate of drug-likeness (QED) is 0.653. The molecule has 0 aromatic rings. The molecular weight excluding hydrogens is 232 g/mol.